The third kappa shape index (κ3) is 3.48. The lowest BCUT2D eigenvalue weighted by Gasteiger charge is -2.35. The Morgan fingerprint density at radius 1 is 1.14 bits per heavy atom. The lowest BCUT2D eigenvalue weighted by Crippen LogP contribution is -2.41. The van der Waals surface area contributed by atoms with Gasteiger partial charge in [0.05, 0.1) is 23.4 Å². The number of allylic oxidation sites excluding steroid dienone is 2. The van der Waals surface area contributed by atoms with Crippen LogP contribution in [0.2, 0.25) is 0 Å². The second kappa shape index (κ2) is 8.30. The Bertz CT molecular complexity index is 1290. The molecule has 2 saturated carbocycles. The molecule has 0 unspecified atom stereocenters. The van der Waals surface area contributed by atoms with E-state index < -0.39 is 0 Å². The maximum atomic E-state index is 13.6. The van der Waals surface area contributed by atoms with Crippen LogP contribution in [-0.4, -0.2) is 59.4 Å². The number of amides is 3. The van der Waals surface area contributed by atoms with E-state index in [1.807, 2.05) is 12.1 Å². The van der Waals surface area contributed by atoms with Gasteiger partial charge >= 0.3 is 0 Å². The first-order chi connectivity index (χ1) is 18.0. The molecule has 7 rings (SSSR count). The lowest BCUT2D eigenvalue weighted by atomic mass is 9.88. The van der Waals surface area contributed by atoms with Gasteiger partial charge in [0.15, 0.2) is 0 Å². The summed E-state index contributed by atoms with van der Waals surface area (Å²) < 4.78 is 4.87. The number of aromatic nitrogens is 1. The normalized spacial score (nSPS) is 27.4. The van der Waals surface area contributed by atoms with Crippen LogP contribution in [0.5, 0.6) is 0 Å². The van der Waals surface area contributed by atoms with E-state index in [0.717, 1.165) is 17.8 Å². The molecular formula is C29H32N4O4. The number of benzene rings is 1. The molecule has 8 heteroatoms. The van der Waals surface area contributed by atoms with Gasteiger partial charge in [-0.1, -0.05) is 23.4 Å². The van der Waals surface area contributed by atoms with E-state index in [4.69, 9.17) is 4.52 Å². The van der Waals surface area contributed by atoms with E-state index in [2.05, 4.69) is 22.2 Å². The molecule has 2 aliphatic heterocycles. The number of carbonyl (C=O) groups excluding carboxylic acids is 3. The number of piperidine rings is 1. The van der Waals surface area contributed by atoms with Gasteiger partial charge in [-0.25, -0.2) is 0 Å². The highest BCUT2D eigenvalue weighted by Gasteiger charge is 2.63. The average molecular weight is 501 g/mol. The fourth-order valence-corrected chi connectivity index (χ4v) is 7.63. The number of anilines is 1. The standard InChI is InChI=1S/C29H32N4O4/c1-31(17-21-9-14-37-30-21)26(34)18-7-12-32(13-8-18)24-4-2-3-22-25(24)28(36)33(27(22)35)16-19-15-20-5-6-23(19)29(20)10-11-29/h2-6,9,14,18-20,23H,7-8,10-13,15-17H2,1H3/t19-,20+,23+/m0/s1. The Hall–Kier alpha value is -3.42. The van der Waals surface area contributed by atoms with E-state index in [1.54, 1.807) is 24.1 Å². The van der Waals surface area contributed by atoms with E-state index in [-0.39, 0.29) is 23.6 Å². The molecule has 1 aromatic carbocycles. The topological polar surface area (TPSA) is 87.0 Å². The zero-order valence-corrected chi connectivity index (χ0v) is 21.1. The Kier molecular flexibility index (Phi) is 5.10. The van der Waals surface area contributed by atoms with Crippen molar-refractivity contribution in [3.8, 4) is 0 Å². The molecule has 37 heavy (non-hydrogen) atoms. The highest BCUT2D eigenvalue weighted by Crippen LogP contribution is 2.70. The molecule has 0 radical (unpaired) electrons. The van der Waals surface area contributed by atoms with Crippen LogP contribution in [0.4, 0.5) is 5.69 Å². The first kappa shape index (κ1) is 22.8. The lowest BCUT2D eigenvalue weighted by molar-refractivity contribution is -0.135. The van der Waals surface area contributed by atoms with E-state index >= 15 is 0 Å². The first-order valence-electron chi connectivity index (χ1n) is 13.5. The summed E-state index contributed by atoms with van der Waals surface area (Å²) >= 11 is 0. The van der Waals surface area contributed by atoms with Crippen molar-refractivity contribution in [1.29, 1.82) is 0 Å². The predicted octanol–water partition coefficient (Wildman–Crippen LogP) is 3.75. The molecular weight excluding hydrogens is 468 g/mol. The average Bonchev–Trinajstić information content (AvgIpc) is 3.15. The van der Waals surface area contributed by atoms with Crippen LogP contribution in [0.3, 0.4) is 0 Å². The van der Waals surface area contributed by atoms with Gasteiger partial charge in [-0.15, -0.1) is 0 Å². The molecule has 2 aromatic rings. The maximum Gasteiger partial charge on any atom is 0.263 e. The summed E-state index contributed by atoms with van der Waals surface area (Å²) in [4.78, 5) is 45.4. The number of hydrogen-bond donors (Lipinski definition) is 0. The number of carbonyl (C=O) groups is 3. The van der Waals surface area contributed by atoms with Crippen LogP contribution in [0.15, 0.2) is 47.2 Å². The van der Waals surface area contributed by atoms with Crippen molar-refractivity contribution in [1.82, 2.24) is 15.0 Å². The summed E-state index contributed by atoms with van der Waals surface area (Å²) in [6.45, 7) is 2.29. The molecule has 8 nitrogen and oxygen atoms in total. The van der Waals surface area contributed by atoms with Crippen molar-refractivity contribution >= 4 is 23.4 Å². The number of imide groups is 1. The van der Waals surface area contributed by atoms with Crippen LogP contribution < -0.4 is 4.90 Å². The second-order valence-electron chi connectivity index (χ2n) is 11.6. The molecule has 2 bridgehead atoms. The van der Waals surface area contributed by atoms with E-state index in [1.165, 1.54) is 24.0 Å². The molecule has 3 aliphatic carbocycles. The number of rotatable bonds is 6. The molecule has 3 atom stereocenters. The Labute approximate surface area is 216 Å². The Morgan fingerprint density at radius 3 is 2.65 bits per heavy atom. The van der Waals surface area contributed by atoms with Crippen molar-refractivity contribution in [2.45, 2.75) is 38.6 Å². The Balaban J connectivity index is 1.03. The van der Waals surface area contributed by atoms with Gasteiger partial charge in [-0.05, 0) is 67.4 Å². The summed E-state index contributed by atoms with van der Waals surface area (Å²) in [6, 6.07) is 7.39. The molecule has 1 aromatic heterocycles. The molecule has 0 N–H and O–H groups in total. The number of hydrogen-bond acceptors (Lipinski definition) is 6. The fourth-order valence-electron chi connectivity index (χ4n) is 7.63. The highest BCUT2D eigenvalue weighted by molar-refractivity contribution is 6.23. The third-order valence-electron chi connectivity index (χ3n) is 9.69. The smallest absolute Gasteiger partial charge is 0.263 e. The summed E-state index contributed by atoms with van der Waals surface area (Å²) in [5.74, 6) is 1.24. The largest absolute Gasteiger partial charge is 0.371 e. The van der Waals surface area contributed by atoms with Crippen molar-refractivity contribution in [2.75, 3.05) is 31.6 Å². The molecule has 5 aliphatic rings. The van der Waals surface area contributed by atoms with Gasteiger partial charge < -0.3 is 14.3 Å². The van der Waals surface area contributed by atoms with Gasteiger partial charge in [-0.3, -0.25) is 19.3 Å². The van der Waals surface area contributed by atoms with Crippen LogP contribution in [0.1, 0.15) is 58.5 Å². The number of nitrogens with zero attached hydrogens (tertiary/aromatic N) is 4. The summed E-state index contributed by atoms with van der Waals surface area (Å²) in [5.41, 5.74) is 3.06. The SMILES string of the molecule is CN(Cc1ccon1)C(=O)C1CCN(c2cccc3c2C(=O)N(C[C@@H]2C[C@H]4C=C[C@H]2C42CC2)C3=O)CC1. The minimum atomic E-state index is -0.155. The van der Waals surface area contributed by atoms with Crippen LogP contribution >= 0.6 is 0 Å². The minimum Gasteiger partial charge on any atom is -0.371 e. The van der Waals surface area contributed by atoms with Crippen LogP contribution in [0, 0.1) is 29.1 Å². The zero-order chi connectivity index (χ0) is 25.3. The second-order valence-corrected chi connectivity index (χ2v) is 11.6. The molecule has 3 amide bonds. The molecule has 1 saturated heterocycles. The van der Waals surface area contributed by atoms with Crippen molar-refractivity contribution in [3.05, 3.63) is 59.5 Å². The summed E-state index contributed by atoms with van der Waals surface area (Å²) in [5, 5.41) is 3.90. The first-order valence-corrected chi connectivity index (χ1v) is 13.5. The minimum absolute atomic E-state index is 0.0701. The van der Waals surface area contributed by atoms with Crippen molar-refractivity contribution < 1.29 is 18.9 Å². The maximum absolute atomic E-state index is 13.6. The molecule has 192 valence electrons. The van der Waals surface area contributed by atoms with E-state index in [9.17, 15) is 14.4 Å². The summed E-state index contributed by atoms with van der Waals surface area (Å²) in [6.07, 6.45) is 11.3. The quantitative estimate of drug-likeness (QED) is 0.444. The van der Waals surface area contributed by atoms with Crippen LogP contribution in [-0.2, 0) is 11.3 Å². The van der Waals surface area contributed by atoms with Gasteiger partial charge in [-0.2, -0.15) is 0 Å². The monoisotopic (exact) mass is 500 g/mol. The highest BCUT2D eigenvalue weighted by atomic mass is 16.5. The summed E-state index contributed by atoms with van der Waals surface area (Å²) in [7, 11) is 1.79. The van der Waals surface area contributed by atoms with E-state index in [0.29, 0.717) is 73.3 Å². The van der Waals surface area contributed by atoms with Gasteiger partial charge in [0, 0.05) is 38.7 Å². The van der Waals surface area contributed by atoms with Crippen LogP contribution in [0.25, 0.3) is 0 Å². The van der Waals surface area contributed by atoms with Gasteiger partial charge in [0.2, 0.25) is 5.91 Å². The predicted molar refractivity (Wildman–Crippen MR) is 136 cm³/mol. The fraction of sp³-hybridized carbons (Fsp3) is 0.517. The molecule has 3 fully saturated rings. The molecule has 1 spiro atoms. The van der Waals surface area contributed by atoms with Gasteiger partial charge in [0.25, 0.3) is 11.8 Å². The molecule has 3 heterocycles. The van der Waals surface area contributed by atoms with Crippen molar-refractivity contribution in [3.63, 3.8) is 0 Å². The third-order valence-corrected chi connectivity index (χ3v) is 9.69. The van der Waals surface area contributed by atoms with Gasteiger partial charge in [0.1, 0.15) is 12.0 Å². The van der Waals surface area contributed by atoms with Crippen molar-refractivity contribution in [2.24, 2.45) is 29.1 Å². The Morgan fingerprint density at radius 2 is 1.95 bits per heavy atom. The zero-order valence-electron chi connectivity index (χ0n) is 21.1. The number of fused-ring (bicyclic) bond motifs is 1.